The van der Waals surface area contributed by atoms with Crippen LogP contribution >= 0.6 is 23.2 Å². The van der Waals surface area contributed by atoms with Crippen molar-refractivity contribution >= 4 is 33.2 Å². The third-order valence-electron chi connectivity index (χ3n) is 3.49. The minimum Gasteiger partial charge on any atom is -0.271 e. The van der Waals surface area contributed by atoms with Crippen LogP contribution in [0.25, 0.3) is 0 Å². The van der Waals surface area contributed by atoms with E-state index in [-0.39, 0.29) is 4.90 Å². The van der Waals surface area contributed by atoms with E-state index in [1.807, 2.05) is 6.92 Å². The lowest BCUT2D eigenvalue weighted by Gasteiger charge is -2.11. The van der Waals surface area contributed by atoms with Crippen molar-refractivity contribution in [1.82, 2.24) is 14.5 Å². The maximum Gasteiger partial charge on any atom is 0.240 e. The molecule has 0 atom stereocenters. The van der Waals surface area contributed by atoms with Gasteiger partial charge in [0.2, 0.25) is 10.0 Å². The zero-order chi connectivity index (χ0) is 17.2. The molecule has 23 heavy (non-hydrogen) atoms. The summed E-state index contributed by atoms with van der Waals surface area (Å²) in [6, 6.07) is 3.26. The number of hydrogen-bond donors (Lipinski definition) is 1. The van der Waals surface area contributed by atoms with Gasteiger partial charge in [0.25, 0.3) is 0 Å². The minimum absolute atomic E-state index is 0.261. The maximum atomic E-state index is 12.4. The monoisotopic (exact) mass is 375 g/mol. The number of aromatic nitrogens is 2. The standard InChI is InChI=1S/C15H19Cl2N3O2S/c1-10-8-15(11(2)7-13(10)16)23(21,22)18-5-4-6-20-9-14(17)12(3)19-20/h7-9,18H,4-6H2,1-3H3. The first-order valence-electron chi connectivity index (χ1n) is 7.16. The molecule has 1 N–H and O–H groups in total. The van der Waals surface area contributed by atoms with E-state index in [0.717, 1.165) is 11.3 Å². The smallest absolute Gasteiger partial charge is 0.240 e. The molecule has 0 aliphatic rings. The van der Waals surface area contributed by atoms with Gasteiger partial charge in [-0.2, -0.15) is 5.10 Å². The van der Waals surface area contributed by atoms with E-state index in [2.05, 4.69) is 9.82 Å². The average Bonchev–Trinajstić information content (AvgIpc) is 2.78. The highest BCUT2D eigenvalue weighted by Crippen LogP contribution is 2.23. The fourth-order valence-electron chi connectivity index (χ4n) is 2.18. The summed E-state index contributed by atoms with van der Waals surface area (Å²) in [7, 11) is -3.55. The summed E-state index contributed by atoms with van der Waals surface area (Å²) in [6.07, 6.45) is 2.35. The van der Waals surface area contributed by atoms with Crippen LogP contribution in [-0.4, -0.2) is 24.7 Å². The Morgan fingerprint density at radius 3 is 2.43 bits per heavy atom. The largest absolute Gasteiger partial charge is 0.271 e. The summed E-state index contributed by atoms with van der Waals surface area (Å²) in [5.74, 6) is 0. The minimum atomic E-state index is -3.55. The van der Waals surface area contributed by atoms with Crippen molar-refractivity contribution < 1.29 is 8.42 Å². The van der Waals surface area contributed by atoms with Gasteiger partial charge in [0, 0.05) is 24.3 Å². The molecule has 0 aliphatic heterocycles. The van der Waals surface area contributed by atoms with Crippen molar-refractivity contribution in [3.63, 3.8) is 0 Å². The molecule has 0 aliphatic carbocycles. The third kappa shape index (κ3) is 4.47. The first kappa shape index (κ1) is 18.3. The van der Waals surface area contributed by atoms with Crippen LogP contribution < -0.4 is 4.72 Å². The van der Waals surface area contributed by atoms with Gasteiger partial charge in [-0.3, -0.25) is 4.68 Å². The molecule has 0 fully saturated rings. The van der Waals surface area contributed by atoms with Gasteiger partial charge in [-0.1, -0.05) is 23.2 Å². The van der Waals surface area contributed by atoms with Gasteiger partial charge in [-0.15, -0.1) is 0 Å². The number of sulfonamides is 1. The summed E-state index contributed by atoms with van der Waals surface area (Å²) in [5.41, 5.74) is 2.13. The molecular weight excluding hydrogens is 357 g/mol. The molecule has 0 amide bonds. The van der Waals surface area contributed by atoms with E-state index in [0.29, 0.717) is 35.1 Å². The Morgan fingerprint density at radius 2 is 1.83 bits per heavy atom. The SMILES string of the molecule is Cc1cc(S(=O)(=O)NCCCn2cc(Cl)c(C)n2)c(C)cc1Cl. The Hall–Kier alpha value is -1.08. The summed E-state index contributed by atoms with van der Waals surface area (Å²) >= 11 is 11.9. The number of rotatable bonds is 6. The predicted molar refractivity (Wildman–Crippen MR) is 92.7 cm³/mol. The molecule has 0 saturated heterocycles. The molecule has 0 saturated carbocycles. The second-order valence-electron chi connectivity index (χ2n) is 5.44. The van der Waals surface area contributed by atoms with E-state index in [9.17, 15) is 8.42 Å². The molecule has 1 aromatic heterocycles. The van der Waals surface area contributed by atoms with Crippen LogP contribution in [0.1, 0.15) is 23.2 Å². The van der Waals surface area contributed by atoms with Crippen molar-refractivity contribution in [3.05, 3.63) is 45.2 Å². The molecule has 1 heterocycles. The van der Waals surface area contributed by atoms with Crippen molar-refractivity contribution in [2.24, 2.45) is 0 Å². The van der Waals surface area contributed by atoms with Crippen LogP contribution in [0.3, 0.4) is 0 Å². The maximum absolute atomic E-state index is 12.4. The number of aryl methyl sites for hydroxylation is 4. The topological polar surface area (TPSA) is 64.0 Å². The molecule has 2 rings (SSSR count). The second-order valence-corrected chi connectivity index (χ2v) is 7.99. The molecule has 5 nitrogen and oxygen atoms in total. The number of benzene rings is 1. The van der Waals surface area contributed by atoms with Crippen molar-refractivity contribution in [2.75, 3.05) is 6.54 Å². The lowest BCUT2D eigenvalue weighted by Crippen LogP contribution is -2.26. The highest BCUT2D eigenvalue weighted by atomic mass is 35.5. The number of hydrogen-bond acceptors (Lipinski definition) is 3. The van der Waals surface area contributed by atoms with E-state index < -0.39 is 10.0 Å². The highest BCUT2D eigenvalue weighted by molar-refractivity contribution is 7.89. The lowest BCUT2D eigenvalue weighted by atomic mass is 10.2. The van der Waals surface area contributed by atoms with Gasteiger partial charge in [-0.25, -0.2) is 13.1 Å². The van der Waals surface area contributed by atoms with Gasteiger partial charge in [0.05, 0.1) is 15.6 Å². The predicted octanol–water partition coefficient (Wildman–Crippen LogP) is 3.48. The highest BCUT2D eigenvalue weighted by Gasteiger charge is 2.17. The average molecular weight is 376 g/mol. The number of halogens is 2. The molecule has 0 bridgehead atoms. The Balaban J connectivity index is 1.98. The Labute approximate surface area is 146 Å². The van der Waals surface area contributed by atoms with Crippen LogP contribution in [-0.2, 0) is 16.6 Å². The van der Waals surface area contributed by atoms with Crippen LogP contribution in [0, 0.1) is 20.8 Å². The zero-order valence-electron chi connectivity index (χ0n) is 13.2. The van der Waals surface area contributed by atoms with Crippen molar-refractivity contribution in [1.29, 1.82) is 0 Å². The van der Waals surface area contributed by atoms with Gasteiger partial charge in [0.1, 0.15) is 0 Å². The summed E-state index contributed by atoms with van der Waals surface area (Å²) in [5, 5.41) is 5.40. The Morgan fingerprint density at radius 1 is 1.13 bits per heavy atom. The van der Waals surface area contributed by atoms with E-state index in [1.165, 1.54) is 0 Å². The Kier molecular flexibility index (Phi) is 5.73. The lowest BCUT2D eigenvalue weighted by molar-refractivity contribution is 0.551. The quantitative estimate of drug-likeness (QED) is 0.785. The van der Waals surface area contributed by atoms with Gasteiger partial charge in [-0.05, 0) is 50.5 Å². The van der Waals surface area contributed by atoms with Crippen LogP contribution in [0.5, 0.6) is 0 Å². The number of nitrogens with zero attached hydrogens (tertiary/aromatic N) is 2. The fraction of sp³-hybridized carbons (Fsp3) is 0.400. The van der Waals surface area contributed by atoms with Gasteiger partial charge < -0.3 is 0 Å². The van der Waals surface area contributed by atoms with Crippen LogP contribution in [0.4, 0.5) is 0 Å². The summed E-state index contributed by atoms with van der Waals surface area (Å²) in [6.45, 7) is 6.25. The zero-order valence-corrected chi connectivity index (χ0v) is 15.6. The van der Waals surface area contributed by atoms with E-state index >= 15 is 0 Å². The molecule has 0 radical (unpaired) electrons. The molecule has 2 aromatic rings. The summed E-state index contributed by atoms with van der Waals surface area (Å²) < 4.78 is 29.1. The molecule has 126 valence electrons. The van der Waals surface area contributed by atoms with Crippen molar-refractivity contribution in [3.8, 4) is 0 Å². The molecule has 8 heteroatoms. The van der Waals surface area contributed by atoms with Crippen molar-refractivity contribution in [2.45, 2.75) is 38.6 Å². The van der Waals surface area contributed by atoms with Crippen LogP contribution in [0.15, 0.2) is 23.2 Å². The Bertz CT molecular complexity index is 797. The molecule has 0 spiro atoms. The normalized spacial score (nSPS) is 11.9. The first-order chi connectivity index (χ1) is 10.7. The van der Waals surface area contributed by atoms with E-state index in [4.69, 9.17) is 23.2 Å². The second kappa shape index (κ2) is 7.21. The third-order valence-corrected chi connectivity index (χ3v) is 5.87. The van der Waals surface area contributed by atoms with Gasteiger partial charge >= 0.3 is 0 Å². The van der Waals surface area contributed by atoms with Gasteiger partial charge in [0.15, 0.2) is 0 Å². The van der Waals surface area contributed by atoms with E-state index in [1.54, 1.807) is 36.9 Å². The molecule has 1 aromatic carbocycles. The molecule has 0 unspecified atom stereocenters. The number of nitrogens with one attached hydrogen (secondary N) is 1. The summed E-state index contributed by atoms with van der Waals surface area (Å²) in [4.78, 5) is 0.261. The molecular formula is C15H19Cl2N3O2S. The van der Waals surface area contributed by atoms with Crippen LogP contribution in [0.2, 0.25) is 10.0 Å². The fourth-order valence-corrected chi connectivity index (χ4v) is 3.93. The first-order valence-corrected chi connectivity index (χ1v) is 9.40.